The van der Waals surface area contributed by atoms with E-state index in [2.05, 4.69) is 14.9 Å². The number of hydrogen-bond acceptors (Lipinski definition) is 6. The Labute approximate surface area is 120 Å². The number of H-pyrrole nitrogens is 1. The fourth-order valence-electron chi connectivity index (χ4n) is 1.62. The number of nitro groups is 1. The van der Waals surface area contributed by atoms with Gasteiger partial charge in [-0.05, 0) is 12.1 Å². The van der Waals surface area contributed by atoms with Crippen LogP contribution in [0, 0.1) is 10.1 Å². The summed E-state index contributed by atoms with van der Waals surface area (Å²) in [6.45, 7) is -0.0197. The number of aromatic nitrogens is 2. The molecule has 21 heavy (non-hydrogen) atoms. The summed E-state index contributed by atoms with van der Waals surface area (Å²) < 4.78 is 31.7. The average Bonchev–Trinajstić information content (AvgIpc) is 2.98. The summed E-state index contributed by atoms with van der Waals surface area (Å²) in [5.74, 6) is 0.0257. The zero-order chi connectivity index (χ0) is 15.5. The molecular weight excluding hydrogens is 300 g/mol. The summed E-state index contributed by atoms with van der Waals surface area (Å²) in [6.07, 6.45) is 1.48. The lowest BCUT2D eigenvalue weighted by molar-refractivity contribution is -0.385. The molecule has 112 valence electrons. The largest absolute Gasteiger partial charge is 0.495 e. The van der Waals surface area contributed by atoms with Crippen LogP contribution >= 0.6 is 0 Å². The molecule has 0 unspecified atom stereocenters. The summed E-state index contributed by atoms with van der Waals surface area (Å²) in [5.41, 5.74) is 0.223. The van der Waals surface area contributed by atoms with Gasteiger partial charge in [-0.25, -0.2) is 13.1 Å². The van der Waals surface area contributed by atoms with E-state index in [9.17, 15) is 18.5 Å². The van der Waals surface area contributed by atoms with Gasteiger partial charge in [0.1, 0.15) is 10.6 Å². The van der Waals surface area contributed by atoms with Gasteiger partial charge < -0.3 is 4.74 Å². The Morgan fingerprint density at radius 3 is 2.76 bits per heavy atom. The van der Waals surface area contributed by atoms with Crippen molar-refractivity contribution in [2.75, 3.05) is 7.11 Å². The normalized spacial score (nSPS) is 11.3. The van der Waals surface area contributed by atoms with E-state index in [0.717, 1.165) is 6.07 Å². The second kappa shape index (κ2) is 5.89. The Morgan fingerprint density at radius 2 is 2.19 bits per heavy atom. The first-order valence-electron chi connectivity index (χ1n) is 5.74. The van der Waals surface area contributed by atoms with Crippen molar-refractivity contribution in [2.24, 2.45) is 0 Å². The van der Waals surface area contributed by atoms with Gasteiger partial charge in [0.2, 0.25) is 10.0 Å². The number of rotatable bonds is 6. The van der Waals surface area contributed by atoms with Crippen molar-refractivity contribution in [3.05, 3.63) is 46.3 Å². The molecule has 10 heteroatoms. The van der Waals surface area contributed by atoms with Crippen molar-refractivity contribution < 1.29 is 18.1 Å². The molecule has 2 aromatic rings. The van der Waals surface area contributed by atoms with Crippen LogP contribution in [0.1, 0.15) is 5.69 Å². The van der Waals surface area contributed by atoms with Crippen LogP contribution in [0.4, 0.5) is 5.69 Å². The molecule has 0 aliphatic heterocycles. The van der Waals surface area contributed by atoms with E-state index in [1.165, 1.54) is 25.4 Å². The van der Waals surface area contributed by atoms with Crippen LogP contribution in [0.2, 0.25) is 0 Å². The third-order valence-electron chi connectivity index (χ3n) is 2.66. The summed E-state index contributed by atoms with van der Waals surface area (Å²) in [7, 11) is -2.68. The molecule has 0 aliphatic carbocycles. The topological polar surface area (TPSA) is 127 Å². The smallest absolute Gasteiger partial charge is 0.271 e. The minimum absolute atomic E-state index is 0.0197. The molecule has 0 saturated heterocycles. The number of benzene rings is 1. The lowest BCUT2D eigenvalue weighted by Gasteiger charge is -2.10. The van der Waals surface area contributed by atoms with Crippen LogP contribution in [-0.4, -0.2) is 30.6 Å². The highest BCUT2D eigenvalue weighted by molar-refractivity contribution is 7.89. The van der Waals surface area contributed by atoms with Crippen LogP contribution in [0.25, 0.3) is 0 Å². The van der Waals surface area contributed by atoms with Gasteiger partial charge in [0.05, 0.1) is 24.3 Å². The summed E-state index contributed by atoms with van der Waals surface area (Å²) in [4.78, 5) is 9.79. The Morgan fingerprint density at radius 1 is 1.43 bits per heavy atom. The Kier molecular flexibility index (Phi) is 4.19. The molecule has 0 aliphatic rings. The number of nitrogens with one attached hydrogen (secondary N) is 2. The predicted molar refractivity (Wildman–Crippen MR) is 72.3 cm³/mol. The third kappa shape index (κ3) is 3.35. The first-order chi connectivity index (χ1) is 9.94. The van der Waals surface area contributed by atoms with Crippen molar-refractivity contribution >= 4 is 15.7 Å². The molecule has 0 fully saturated rings. The van der Waals surface area contributed by atoms with Crippen molar-refractivity contribution in [1.82, 2.24) is 14.9 Å². The zero-order valence-corrected chi connectivity index (χ0v) is 11.8. The highest BCUT2D eigenvalue weighted by Gasteiger charge is 2.23. The fourth-order valence-corrected chi connectivity index (χ4v) is 2.82. The number of hydrogen-bond donors (Lipinski definition) is 2. The number of aromatic amines is 1. The molecule has 1 heterocycles. The molecule has 0 bridgehead atoms. The average molecular weight is 312 g/mol. The maximum Gasteiger partial charge on any atom is 0.271 e. The van der Waals surface area contributed by atoms with E-state index >= 15 is 0 Å². The molecule has 0 atom stereocenters. The predicted octanol–water partition coefficient (Wildman–Crippen LogP) is 0.805. The maximum absolute atomic E-state index is 12.2. The zero-order valence-electron chi connectivity index (χ0n) is 10.9. The van der Waals surface area contributed by atoms with Gasteiger partial charge in [-0.1, -0.05) is 0 Å². The molecular formula is C11H12N4O5S. The Hall–Kier alpha value is -2.46. The van der Waals surface area contributed by atoms with E-state index in [-0.39, 0.29) is 22.9 Å². The van der Waals surface area contributed by atoms with Crippen LogP contribution in [0.5, 0.6) is 5.75 Å². The Balaban J connectivity index is 2.33. The number of sulfonamides is 1. The monoisotopic (exact) mass is 312 g/mol. The molecule has 9 nitrogen and oxygen atoms in total. The second-order valence-electron chi connectivity index (χ2n) is 4.00. The van der Waals surface area contributed by atoms with Gasteiger partial charge in [-0.2, -0.15) is 5.10 Å². The van der Waals surface area contributed by atoms with Crippen molar-refractivity contribution in [2.45, 2.75) is 11.4 Å². The summed E-state index contributed by atoms with van der Waals surface area (Å²) in [6, 6.07) is 4.97. The molecule has 0 amide bonds. The lowest BCUT2D eigenvalue weighted by Crippen LogP contribution is -2.24. The number of nitro benzene ring substituents is 1. The van der Waals surface area contributed by atoms with Crippen LogP contribution in [0.15, 0.2) is 35.4 Å². The second-order valence-corrected chi connectivity index (χ2v) is 5.73. The SMILES string of the molecule is COc1ccc([N+](=O)[O-])cc1S(=O)(=O)NCc1ccn[nH]1. The van der Waals surface area contributed by atoms with E-state index in [0.29, 0.717) is 5.69 Å². The van der Waals surface area contributed by atoms with Gasteiger partial charge in [0, 0.05) is 18.3 Å². The van der Waals surface area contributed by atoms with E-state index in [1.807, 2.05) is 0 Å². The minimum atomic E-state index is -3.96. The molecule has 0 radical (unpaired) electrons. The first-order valence-corrected chi connectivity index (χ1v) is 7.22. The summed E-state index contributed by atoms with van der Waals surface area (Å²) in [5, 5.41) is 17.1. The quantitative estimate of drug-likeness (QED) is 0.600. The molecule has 1 aromatic heterocycles. The fraction of sp³-hybridized carbons (Fsp3) is 0.182. The molecule has 1 aromatic carbocycles. The highest BCUT2D eigenvalue weighted by atomic mass is 32.2. The van der Waals surface area contributed by atoms with Gasteiger partial charge >= 0.3 is 0 Å². The molecule has 2 N–H and O–H groups in total. The third-order valence-corrected chi connectivity index (χ3v) is 4.08. The van der Waals surface area contributed by atoms with Crippen LogP contribution in [0.3, 0.4) is 0 Å². The molecule has 2 rings (SSSR count). The van der Waals surface area contributed by atoms with Crippen molar-refractivity contribution in [1.29, 1.82) is 0 Å². The standard InChI is InChI=1S/C11H12N4O5S/c1-20-10-3-2-9(15(16)17)6-11(10)21(18,19)13-7-8-4-5-12-14-8/h2-6,13H,7H2,1H3,(H,12,14). The highest BCUT2D eigenvalue weighted by Crippen LogP contribution is 2.28. The molecule has 0 saturated carbocycles. The van der Waals surface area contributed by atoms with Crippen LogP contribution in [-0.2, 0) is 16.6 Å². The van der Waals surface area contributed by atoms with Crippen molar-refractivity contribution in [3.63, 3.8) is 0 Å². The van der Waals surface area contributed by atoms with Gasteiger partial charge in [-0.15, -0.1) is 0 Å². The summed E-state index contributed by atoms with van der Waals surface area (Å²) >= 11 is 0. The van der Waals surface area contributed by atoms with Crippen LogP contribution < -0.4 is 9.46 Å². The minimum Gasteiger partial charge on any atom is -0.495 e. The maximum atomic E-state index is 12.2. The number of non-ortho nitro benzene ring substituents is 1. The first kappa shape index (κ1) is 14.9. The number of methoxy groups -OCH3 is 1. The number of nitrogens with zero attached hydrogens (tertiary/aromatic N) is 2. The van der Waals surface area contributed by atoms with Gasteiger partial charge in [-0.3, -0.25) is 15.2 Å². The lowest BCUT2D eigenvalue weighted by atomic mass is 10.3. The number of ether oxygens (including phenoxy) is 1. The van der Waals surface area contributed by atoms with Crippen molar-refractivity contribution in [3.8, 4) is 5.75 Å². The Bertz CT molecular complexity index is 742. The van der Waals surface area contributed by atoms with Gasteiger partial charge in [0.15, 0.2) is 0 Å². The van der Waals surface area contributed by atoms with E-state index in [4.69, 9.17) is 4.74 Å². The van der Waals surface area contributed by atoms with Gasteiger partial charge in [0.25, 0.3) is 5.69 Å². The van der Waals surface area contributed by atoms with E-state index < -0.39 is 14.9 Å². The molecule has 0 spiro atoms. The van der Waals surface area contributed by atoms with E-state index in [1.54, 1.807) is 6.07 Å².